The normalized spacial score (nSPS) is 27.0. The Balaban J connectivity index is 1.62. The minimum Gasteiger partial charge on any atom is -0.324 e. The van der Waals surface area contributed by atoms with Crippen molar-refractivity contribution in [2.75, 3.05) is 16.9 Å². The smallest absolute Gasteiger partial charge is 0.269 e. The van der Waals surface area contributed by atoms with Gasteiger partial charge in [-0.15, -0.1) is 11.8 Å². The van der Waals surface area contributed by atoms with E-state index in [-0.39, 0.29) is 22.9 Å². The van der Waals surface area contributed by atoms with Gasteiger partial charge in [0.25, 0.3) is 11.6 Å². The van der Waals surface area contributed by atoms with E-state index in [1.807, 2.05) is 29.2 Å². The molecule has 0 unspecified atom stereocenters. The highest BCUT2D eigenvalue weighted by atomic mass is 79.9. The zero-order valence-electron chi connectivity index (χ0n) is 19.1. The van der Waals surface area contributed by atoms with E-state index in [0.29, 0.717) is 22.9 Å². The van der Waals surface area contributed by atoms with E-state index < -0.39 is 39.3 Å². The lowest BCUT2D eigenvalue weighted by atomic mass is 9.57. The zero-order chi connectivity index (χ0) is 25.7. The molecule has 4 aliphatic rings. The first kappa shape index (κ1) is 22.8. The maximum Gasteiger partial charge on any atom is 0.269 e. The van der Waals surface area contributed by atoms with Gasteiger partial charge in [-0.3, -0.25) is 29.4 Å². The number of nitro groups is 1. The first-order valence-electron chi connectivity index (χ1n) is 11.7. The number of fused-ring (bicyclic) bond motifs is 6. The molecule has 10 heteroatoms. The van der Waals surface area contributed by atoms with Crippen molar-refractivity contribution in [3.05, 3.63) is 104 Å². The standard InChI is InChI=1S/C27H18BrN3O5S/c28-15-7-5-14(6-8-15)22-21-12-37-13-30(21)27(19-11-16(31(35)36)9-10-20(19)29-25(27)34)26(22)23(32)17-3-1-2-4-18(17)24(26)33/h1-11,21-22H,12-13H2,(H,29,34)/t21-,22-,27-/m0/s1. The predicted octanol–water partition coefficient (Wildman–Crippen LogP) is 4.74. The first-order valence-corrected chi connectivity index (χ1v) is 13.7. The van der Waals surface area contributed by atoms with Crippen LogP contribution in [0.4, 0.5) is 11.4 Å². The molecular formula is C27H18BrN3O5S. The molecule has 2 spiro atoms. The van der Waals surface area contributed by atoms with Crippen LogP contribution >= 0.6 is 27.7 Å². The molecule has 0 radical (unpaired) electrons. The van der Waals surface area contributed by atoms with Crippen LogP contribution in [0, 0.1) is 15.5 Å². The molecule has 0 saturated carbocycles. The number of thioether (sulfide) groups is 1. The fourth-order valence-corrected chi connectivity index (χ4v) is 8.61. The number of Topliss-reactive ketones (excluding diaryl/α,β-unsaturated/α-hetero) is 2. The lowest BCUT2D eigenvalue weighted by Crippen LogP contribution is -2.60. The first-order chi connectivity index (χ1) is 17.8. The van der Waals surface area contributed by atoms with Crippen molar-refractivity contribution in [3.8, 4) is 0 Å². The van der Waals surface area contributed by atoms with Crippen molar-refractivity contribution in [2.45, 2.75) is 17.5 Å². The largest absolute Gasteiger partial charge is 0.324 e. The summed E-state index contributed by atoms with van der Waals surface area (Å²) in [4.78, 5) is 56.8. The molecule has 3 aliphatic heterocycles. The average Bonchev–Trinajstić information content (AvgIpc) is 3.60. The number of carbonyl (C=O) groups excluding carboxylic acids is 3. The number of rotatable bonds is 2. The van der Waals surface area contributed by atoms with Crippen molar-refractivity contribution < 1.29 is 19.3 Å². The van der Waals surface area contributed by atoms with Crippen molar-refractivity contribution in [1.82, 2.24) is 4.90 Å². The van der Waals surface area contributed by atoms with Gasteiger partial charge in [0.05, 0.1) is 4.92 Å². The number of nitro benzene ring substituents is 1. The number of benzene rings is 3. The van der Waals surface area contributed by atoms with Crippen LogP contribution in [-0.2, 0) is 10.3 Å². The third kappa shape index (κ3) is 2.55. The van der Waals surface area contributed by atoms with Gasteiger partial charge in [-0.05, 0) is 23.8 Å². The second-order valence-electron chi connectivity index (χ2n) is 9.73. The number of anilines is 1. The number of hydrogen-bond acceptors (Lipinski definition) is 7. The molecule has 3 heterocycles. The van der Waals surface area contributed by atoms with Crippen LogP contribution in [0.3, 0.4) is 0 Å². The Labute approximate surface area is 223 Å². The molecule has 3 aromatic rings. The lowest BCUT2D eigenvalue weighted by Gasteiger charge is -2.42. The molecule has 0 bridgehead atoms. The highest BCUT2D eigenvalue weighted by molar-refractivity contribution is 9.10. The van der Waals surface area contributed by atoms with Crippen LogP contribution in [0.1, 0.15) is 37.8 Å². The number of nitrogens with one attached hydrogen (secondary N) is 1. The fraction of sp³-hybridized carbons (Fsp3) is 0.222. The van der Waals surface area contributed by atoms with Gasteiger partial charge in [-0.1, -0.05) is 52.3 Å². The molecule has 1 N–H and O–H groups in total. The van der Waals surface area contributed by atoms with Gasteiger partial charge < -0.3 is 5.32 Å². The quantitative estimate of drug-likeness (QED) is 0.267. The highest BCUT2D eigenvalue weighted by Gasteiger charge is 2.82. The van der Waals surface area contributed by atoms with Gasteiger partial charge in [-0.25, -0.2) is 0 Å². The molecule has 184 valence electrons. The number of amides is 1. The fourth-order valence-electron chi connectivity index (χ4n) is 7.05. The van der Waals surface area contributed by atoms with Crippen molar-refractivity contribution in [3.63, 3.8) is 0 Å². The monoisotopic (exact) mass is 575 g/mol. The average molecular weight is 576 g/mol. The Morgan fingerprint density at radius 2 is 1.68 bits per heavy atom. The molecule has 2 saturated heterocycles. The molecule has 0 aromatic heterocycles. The third-order valence-electron chi connectivity index (χ3n) is 8.31. The predicted molar refractivity (Wildman–Crippen MR) is 141 cm³/mol. The van der Waals surface area contributed by atoms with Gasteiger partial charge in [0, 0.05) is 62.6 Å². The van der Waals surface area contributed by atoms with Gasteiger partial charge in [0.2, 0.25) is 0 Å². The number of nitrogens with zero attached hydrogens (tertiary/aromatic N) is 2. The third-order valence-corrected chi connectivity index (χ3v) is 9.88. The number of non-ortho nitro benzene ring substituents is 1. The maximum atomic E-state index is 14.7. The summed E-state index contributed by atoms with van der Waals surface area (Å²) in [7, 11) is 0. The minimum absolute atomic E-state index is 0.198. The Bertz CT molecular complexity index is 1540. The van der Waals surface area contributed by atoms with E-state index in [9.17, 15) is 24.5 Å². The Morgan fingerprint density at radius 1 is 1.00 bits per heavy atom. The molecule has 7 rings (SSSR count). The molecule has 3 atom stereocenters. The summed E-state index contributed by atoms with van der Waals surface area (Å²) in [5.41, 5.74) is -1.70. The second-order valence-corrected chi connectivity index (χ2v) is 11.6. The molecular weight excluding hydrogens is 558 g/mol. The summed E-state index contributed by atoms with van der Waals surface area (Å²) in [6.45, 7) is 0. The van der Waals surface area contributed by atoms with E-state index in [1.54, 1.807) is 36.0 Å². The molecule has 1 aliphatic carbocycles. The number of ketones is 2. The van der Waals surface area contributed by atoms with Crippen molar-refractivity contribution in [2.24, 2.45) is 5.41 Å². The topological polar surface area (TPSA) is 110 Å². The summed E-state index contributed by atoms with van der Waals surface area (Å²) in [5.74, 6) is -0.932. The molecule has 2 fully saturated rings. The second kappa shape index (κ2) is 7.59. The van der Waals surface area contributed by atoms with E-state index >= 15 is 0 Å². The molecule has 8 nitrogen and oxygen atoms in total. The zero-order valence-corrected chi connectivity index (χ0v) is 21.5. The highest BCUT2D eigenvalue weighted by Crippen LogP contribution is 2.70. The summed E-state index contributed by atoms with van der Waals surface area (Å²) in [6, 6.07) is 18.1. The minimum atomic E-state index is -1.82. The molecule has 3 aromatic carbocycles. The van der Waals surface area contributed by atoms with E-state index in [2.05, 4.69) is 21.2 Å². The van der Waals surface area contributed by atoms with Crippen LogP contribution in [0.15, 0.2) is 71.2 Å². The summed E-state index contributed by atoms with van der Waals surface area (Å²) in [6.07, 6.45) is 0. The Morgan fingerprint density at radius 3 is 2.32 bits per heavy atom. The number of hydrogen-bond donors (Lipinski definition) is 1. The van der Waals surface area contributed by atoms with E-state index in [4.69, 9.17) is 0 Å². The Kier molecular flexibility index (Phi) is 4.68. The van der Waals surface area contributed by atoms with Crippen LogP contribution in [-0.4, -0.2) is 45.0 Å². The molecule has 1 amide bonds. The summed E-state index contributed by atoms with van der Waals surface area (Å²) < 4.78 is 0.850. The van der Waals surface area contributed by atoms with Crippen LogP contribution in [0.25, 0.3) is 0 Å². The van der Waals surface area contributed by atoms with Crippen LogP contribution in [0.5, 0.6) is 0 Å². The van der Waals surface area contributed by atoms with Gasteiger partial charge in [-0.2, -0.15) is 0 Å². The summed E-state index contributed by atoms with van der Waals surface area (Å²) >= 11 is 5.09. The van der Waals surface area contributed by atoms with E-state index in [1.165, 1.54) is 18.2 Å². The van der Waals surface area contributed by atoms with Crippen molar-refractivity contribution in [1.29, 1.82) is 0 Å². The number of halogens is 1. The van der Waals surface area contributed by atoms with Crippen LogP contribution in [0.2, 0.25) is 0 Å². The SMILES string of the molecule is O=C1c2ccccc2C(=O)C12[C@@H](c1ccc(Br)cc1)[C@@H]1CSCN1[C@@]21C(=O)Nc2ccc([N+](=O)[O-])cc21. The van der Waals surface area contributed by atoms with Gasteiger partial charge in [0.15, 0.2) is 17.1 Å². The van der Waals surface area contributed by atoms with Gasteiger partial charge in [0.1, 0.15) is 5.41 Å². The van der Waals surface area contributed by atoms with E-state index in [0.717, 1.165) is 10.0 Å². The molecule has 37 heavy (non-hydrogen) atoms. The maximum absolute atomic E-state index is 14.7. The van der Waals surface area contributed by atoms with Gasteiger partial charge >= 0.3 is 0 Å². The number of carbonyl (C=O) groups is 3. The lowest BCUT2D eigenvalue weighted by molar-refractivity contribution is -0.385. The van der Waals surface area contributed by atoms with Crippen molar-refractivity contribution >= 4 is 56.5 Å². The summed E-state index contributed by atoms with van der Waals surface area (Å²) in [5, 5.41) is 14.7. The Hall–Kier alpha value is -3.34. The van der Waals surface area contributed by atoms with Crippen LogP contribution < -0.4 is 5.32 Å².